The summed E-state index contributed by atoms with van der Waals surface area (Å²) in [6.45, 7) is 0. The molecule has 5 heteroatoms. The van der Waals surface area contributed by atoms with E-state index < -0.39 is 5.97 Å². The summed E-state index contributed by atoms with van der Waals surface area (Å²) in [5.41, 5.74) is 0.0742. The van der Waals surface area contributed by atoms with Gasteiger partial charge in [-0.3, -0.25) is 0 Å². The Bertz CT molecular complexity index is 438. The van der Waals surface area contributed by atoms with Crippen molar-refractivity contribution in [3.8, 4) is 0 Å². The van der Waals surface area contributed by atoms with Crippen molar-refractivity contribution < 1.29 is 9.90 Å². The molecule has 1 aromatic rings. The highest BCUT2D eigenvalue weighted by Gasteiger charge is 2.14. The van der Waals surface area contributed by atoms with Crippen LogP contribution < -0.4 is 5.32 Å². The number of hydrogen-bond donors (Lipinski definition) is 2. The molecule has 2 rings (SSSR count). The molecule has 1 aliphatic rings. The number of anilines is 1. The molecule has 0 unspecified atom stereocenters. The van der Waals surface area contributed by atoms with Gasteiger partial charge in [0.1, 0.15) is 5.82 Å². The molecule has 4 nitrogen and oxygen atoms in total. The number of hydrogen-bond acceptors (Lipinski definition) is 3. The minimum atomic E-state index is -1.04. The first-order valence-corrected chi connectivity index (χ1v) is 5.35. The fourth-order valence-corrected chi connectivity index (χ4v) is 1.81. The Balaban J connectivity index is 2.15. The summed E-state index contributed by atoms with van der Waals surface area (Å²) in [7, 11) is 0. The Morgan fingerprint density at radius 1 is 1.50 bits per heavy atom. The highest BCUT2D eigenvalue weighted by molar-refractivity contribution is 6.33. The van der Waals surface area contributed by atoms with Crippen LogP contribution in [0.15, 0.2) is 24.4 Å². The van der Waals surface area contributed by atoms with Crippen molar-refractivity contribution in [3.05, 3.63) is 35.0 Å². The molecule has 0 saturated heterocycles. The van der Waals surface area contributed by atoms with Gasteiger partial charge in [0.05, 0.1) is 10.6 Å². The lowest BCUT2D eigenvalue weighted by Crippen LogP contribution is -2.16. The van der Waals surface area contributed by atoms with Gasteiger partial charge in [0.25, 0.3) is 0 Å². The molecule has 1 aliphatic carbocycles. The van der Waals surface area contributed by atoms with Gasteiger partial charge in [-0.25, -0.2) is 9.78 Å². The number of nitrogens with one attached hydrogen (secondary N) is 1. The van der Waals surface area contributed by atoms with Crippen molar-refractivity contribution in [2.45, 2.75) is 18.9 Å². The van der Waals surface area contributed by atoms with E-state index in [0.717, 1.165) is 12.8 Å². The van der Waals surface area contributed by atoms with E-state index in [1.54, 1.807) is 0 Å². The number of carbonyl (C=O) groups is 1. The Labute approximate surface area is 98.0 Å². The van der Waals surface area contributed by atoms with E-state index >= 15 is 0 Å². The largest absolute Gasteiger partial charge is 0.478 e. The first kappa shape index (κ1) is 11.0. The van der Waals surface area contributed by atoms with E-state index in [9.17, 15) is 4.79 Å². The quantitative estimate of drug-likeness (QED) is 0.795. The van der Waals surface area contributed by atoms with E-state index in [1.165, 1.54) is 12.3 Å². The van der Waals surface area contributed by atoms with Crippen LogP contribution in [0.5, 0.6) is 0 Å². The fourth-order valence-electron chi connectivity index (χ4n) is 1.63. The molecule has 0 atom stereocenters. The Morgan fingerprint density at radius 3 is 2.81 bits per heavy atom. The normalized spacial score (nSPS) is 15.3. The maximum absolute atomic E-state index is 10.9. The average Bonchev–Trinajstić information content (AvgIpc) is 2.73. The van der Waals surface area contributed by atoms with E-state index in [0.29, 0.717) is 11.9 Å². The van der Waals surface area contributed by atoms with Crippen molar-refractivity contribution in [1.29, 1.82) is 0 Å². The van der Waals surface area contributed by atoms with Crippen LogP contribution in [0.2, 0.25) is 5.02 Å². The second-order valence-corrected chi connectivity index (χ2v) is 4.05. The maximum Gasteiger partial charge on any atom is 0.337 e. The highest BCUT2D eigenvalue weighted by atomic mass is 35.5. The second kappa shape index (κ2) is 4.53. The van der Waals surface area contributed by atoms with Crippen LogP contribution in [0.4, 0.5) is 5.82 Å². The van der Waals surface area contributed by atoms with E-state index in [2.05, 4.69) is 22.5 Å². The molecule has 0 saturated carbocycles. The van der Waals surface area contributed by atoms with Crippen LogP contribution in [0, 0.1) is 0 Å². The number of pyridine rings is 1. The van der Waals surface area contributed by atoms with Gasteiger partial charge in [0.2, 0.25) is 0 Å². The zero-order chi connectivity index (χ0) is 11.5. The average molecular weight is 239 g/mol. The summed E-state index contributed by atoms with van der Waals surface area (Å²) in [6, 6.07) is 1.76. The zero-order valence-electron chi connectivity index (χ0n) is 8.48. The summed E-state index contributed by atoms with van der Waals surface area (Å²) in [4.78, 5) is 14.9. The molecule has 1 heterocycles. The summed E-state index contributed by atoms with van der Waals surface area (Å²) < 4.78 is 0. The van der Waals surface area contributed by atoms with Gasteiger partial charge >= 0.3 is 5.97 Å². The van der Waals surface area contributed by atoms with Crippen molar-refractivity contribution in [2.24, 2.45) is 0 Å². The molecule has 0 bridgehead atoms. The maximum atomic E-state index is 10.9. The molecule has 0 fully saturated rings. The summed E-state index contributed by atoms with van der Waals surface area (Å²) in [5.74, 6) is -0.490. The van der Waals surface area contributed by atoms with Crippen molar-refractivity contribution >= 4 is 23.4 Å². The van der Waals surface area contributed by atoms with Crippen LogP contribution >= 0.6 is 11.6 Å². The Hall–Kier alpha value is -1.55. The smallest absolute Gasteiger partial charge is 0.337 e. The molecule has 0 spiro atoms. The number of aromatic carboxylic acids is 1. The number of carboxylic acids is 1. The van der Waals surface area contributed by atoms with Crippen molar-refractivity contribution in [1.82, 2.24) is 4.98 Å². The third kappa shape index (κ3) is 2.33. The number of aromatic nitrogens is 1. The molecule has 0 aliphatic heterocycles. The number of carboxylic acid groups (broad SMARTS) is 1. The first-order chi connectivity index (χ1) is 7.66. The molecule has 1 aromatic heterocycles. The Kier molecular flexibility index (Phi) is 3.10. The second-order valence-electron chi connectivity index (χ2n) is 3.64. The van der Waals surface area contributed by atoms with Crippen LogP contribution in [0.25, 0.3) is 0 Å². The molecular formula is C11H11ClN2O2. The van der Waals surface area contributed by atoms with E-state index in [4.69, 9.17) is 16.7 Å². The van der Waals surface area contributed by atoms with Gasteiger partial charge in [-0.2, -0.15) is 0 Å². The SMILES string of the molecule is O=C(O)c1cc(NC2CC=CC2)ncc1Cl. The zero-order valence-corrected chi connectivity index (χ0v) is 9.24. The summed E-state index contributed by atoms with van der Waals surface area (Å²) in [6.07, 6.45) is 7.41. The first-order valence-electron chi connectivity index (χ1n) is 4.97. The molecule has 0 aromatic carbocycles. The van der Waals surface area contributed by atoms with Gasteiger partial charge in [-0.15, -0.1) is 0 Å². The van der Waals surface area contributed by atoms with Crippen molar-refractivity contribution in [3.63, 3.8) is 0 Å². The van der Waals surface area contributed by atoms with E-state index in [1.807, 2.05) is 0 Å². The standard InChI is InChI=1S/C11H11ClN2O2/c12-9-6-13-10(5-8(9)11(15)16)14-7-3-1-2-4-7/h1-2,5-7H,3-4H2,(H,13,14)(H,15,16). The van der Waals surface area contributed by atoms with Crippen molar-refractivity contribution in [2.75, 3.05) is 5.32 Å². The summed E-state index contributed by atoms with van der Waals surface area (Å²) >= 11 is 5.72. The lowest BCUT2D eigenvalue weighted by atomic mass is 10.2. The molecule has 2 N–H and O–H groups in total. The van der Waals surface area contributed by atoms with Gasteiger partial charge in [0.15, 0.2) is 0 Å². The summed E-state index contributed by atoms with van der Waals surface area (Å²) in [5, 5.41) is 12.2. The van der Waals surface area contributed by atoms with Gasteiger partial charge < -0.3 is 10.4 Å². The fraction of sp³-hybridized carbons (Fsp3) is 0.273. The van der Waals surface area contributed by atoms with Gasteiger partial charge in [0, 0.05) is 12.2 Å². The lowest BCUT2D eigenvalue weighted by Gasteiger charge is -2.13. The molecule has 84 valence electrons. The molecule has 0 amide bonds. The molecule has 0 radical (unpaired) electrons. The highest BCUT2D eigenvalue weighted by Crippen LogP contribution is 2.20. The Morgan fingerprint density at radius 2 is 2.19 bits per heavy atom. The number of rotatable bonds is 3. The van der Waals surface area contributed by atoms with Crippen LogP contribution in [0.3, 0.4) is 0 Å². The van der Waals surface area contributed by atoms with Crippen LogP contribution in [0.1, 0.15) is 23.2 Å². The lowest BCUT2D eigenvalue weighted by molar-refractivity contribution is 0.0697. The topological polar surface area (TPSA) is 62.2 Å². The minimum Gasteiger partial charge on any atom is -0.478 e. The number of halogens is 1. The van der Waals surface area contributed by atoms with Crippen LogP contribution in [-0.4, -0.2) is 22.1 Å². The third-order valence-corrected chi connectivity index (χ3v) is 2.75. The molecule has 16 heavy (non-hydrogen) atoms. The van der Waals surface area contributed by atoms with Crippen LogP contribution in [-0.2, 0) is 0 Å². The molecular weight excluding hydrogens is 228 g/mol. The third-order valence-electron chi connectivity index (χ3n) is 2.45. The number of nitrogens with zero attached hydrogens (tertiary/aromatic N) is 1. The van der Waals surface area contributed by atoms with Gasteiger partial charge in [-0.1, -0.05) is 23.8 Å². The predicted octanol–water partition coefficient (Wildman–Crippen LogP) is 2.56. The van der Waals surface area contributed by atoms with Gasteiger partial charge in [-0.05, 0) is 18.9 Å². The monoisotopic (exact) mass is 238 g/mol. The predicted molar refractivity (Wildman–Crippen MR) is 62.0 cm³/mol. The minimum absolute atomic E-state index is 0.0742. The van der Waals surface area contributed by atoms with E-state index in [-0.39, 0.29) is 10.6 Å².